The number of ketones is 1. The molecule has 0 bridgehead atoms. The van der Waals surface area contributed by atoms with Crippen LogP contribution in [0.4, 0.5) is 0 Å². The van der Waals surface area contributed by atoms with Gasteiger partial charge in [-0.15, -0.1) is 6.58 Å². The van der Waals surface area contributed by atoms with Crippen molar-refractivity contribution in [3.05, 3.63) is 12.7 Å². The minimum absolute atomic E-state index is 0.265. The number of hydrogen-bond acceptors (Lipinski definition) is 3. The Labute approximate surface area is 90.8 Å². The van der Waals surface area contributed by atoms with Crippen LogP contribution in [0.1, 0.15) is 26.2 Å². The van der Waals surface area contributed by atoms with Crippen molar-refractivity contribution < 1.29 is 14.4 Å². The van der Waals surface area contributed by atoms with Gasteiger partial charge in [-0.25, -0.2) is 5.06 Å². The van der Waals surface area contributed by atoms with Gasteiger partial charge in [0, 0.05) is 13.5 Å². The van der Waals surface area contributed by atoms with E-state index in [1.807, 2.05) is 13.0 Å². The monoisotopic (exact) mass is 213 g/mol. The van der Waals surface area contributed by atoms with Gasteiger partial charge in [0.1, 0.15) is 0 Å². The summed E-state index contributed by atoms with van der Waals surface area (Å²) in [4.78, 5) is 27.3. The van der Waals surface area contributed by atoms with Crippen molar-refractivity contribution in [2.75, 3.05) is 14.2 Å². The number of amides is 1. The van der Waals surface area contributed by atoms with Crippen LogP contribution in [0.25, 0.3) is 0 Å². The molecule has 15 heavy (non-hydrogen) atoms. The van der Waals surface area contributed by atoms with E-state index in [9.17, 15) is 9.59 Å². The van der Waals surface area contributed by atoms with Crippen LogP contribution in [0.2, 0.25) is 0 Å². The van der Waals surface area contributed by atoms with E-state index < -0.39 is 11.7 Å². The van der Waals surface area contributed by atoms with Gasteiger partial charge in [0.15, 0.2) is 0 Å². The molecule has 1 amide bonds. The van der Waals surface area contributed by atoms with Crippen LogP contribution in [0.3, 0.4) is 0 Å². The smallest absolute Gasteiger partial charge is 0.289 e. The summed E-state index contributed by atoms with van der Waals surface area (Å²) in [6, 6.07) is 0. The van der Waals surface area contributed by atoms with E-state index in [-0.39, 0.29) is 6.42 Å². The number of hydrogen-bond donors (Lipinski definition) is 0. The van der Waals surface area contributed by atoms with E-state index in [1.165, 1.54) is 14.2 Å². The molecule has 0 rings (SSSR count). The fourth-order valence-electron chi connectivity index (χ4n) is 1.15. The molecule has 0 radical (unpaired) electrons. The average Bonchev–Trinajstić information content (AvgIpc) is 2.24. The zero-order valence-electron chi connectivity index (χ0n) is 9.66. The predicted octanol–water partition coefficient (Wildman–Crippen LogP) is 1.57. The SMILES string of the molecule is C=CCC(C)CCC(=O)C(=O)N(C)OC. The van der Waals surface area contributed by atoms with E-state index in [0.29, 0.717) is 12.3 Å². The maximum Gasteiger partial charge on any atom is 0.313 e. The standard InChI is InChI=1S/C11H19NO3/c1-5-6-9(2)7-8-10(13)11(14)12(3)15-4/h5,9H,1,6-8H2,2-4H3. The zero-order valence-corrected chi connectivity index (χ0v) is 9.66. The van der Waals surface area contributed by atoms with E-state index in [0.717, 1.165) is 11.5 Å². The van der Waals surface area contributed by atoms with Crippen LogP contribution in [0.5, 0.6) is 0 Å². The molecule has 0 aromatic rings. The third-order valence-corrected chi connectivity index (χ3v) is 2.23. The topological polar surface area (TPSA) is 46.6 Å². The first-order chi connectivity index (χ1) is 7.02. The molecule has 0 aliphatic carbocycles. The molecule has 0 aromatic heterocycles. The second-order valence-electron chi connectivity index (χ2n) is 3.58. The van der Waals surface area contributed by atoms with Crippen molar-refractivity contribution in [3.8, 4) is 0 Å². The number of Topliss-reactive ketones (excluding diaryl/α,β-unsaturated/α-hetero) is 1. The Morgan fingerprint density at radius 2 is 2.13 bits per heavy atom. The highest BCUT2D eigenvalue weighted by Gasteiger charge is 2.18. The highest BCUT2D eigenvalue weighted by atomic mass is 16.7. The molecule has 1 unspecified atom stereocenters. The summed E-state index contributed by atoms with van der Waals surface area (Å²) in [7, 11) is 2.78. The lowest BCUT2D eigenvalue weighted by molar-refractivity contribution is -0.173. The second-order valence-corrected chi connectivity index (χ2v) is 3.58. The first kappa shape index (κ1) is 13.8. The van der Waals surface area contributed by atoms with Gasteiger partial charge in [0.05, 0.1) is 7.11 Å². The van der Waals surface area contributed by atoms with Gasteiger partial charge in [-0.3, -0.25) is 14.4 Å². The van der Waals surface area contributed by atoms with Crippen molar-refractivity contribution in [1.29, 1.82) is 0 Å². The van der Waals surface area contributed by atoms with Gasteiger partial charge in [-0.2, -0.15) is 0 Å². The second kappa shape index (κ2) is 7.17. The Hall–Kier alpha value is -1.16. The minimum atomic E-state index is -0.594. The molecular weight excluding hydrogens is 194 g/mol. The molecular formula is C11H19NO3. The molecule has 0 saturated heterocycles. The highest BCUT2D eigenvalue weighted by molar-refractivity contribution is 6.35. The van der Waals surface area contributed by atoms with Crippen LogP contribution < -0.4 is 0 Å². The Bertz CT molecular complexity index is 238. The third kappa shape index (κ3) is 5.32. The Balaban J connectivity index is 3.93. The van der Waals surface area contributed by atoms with Gasteiger partial charge < -0.3 is 0 Å². The maximum atomic E-state index is 11.4. The minimum Gasteiger partial charge on any atom is -0.289 e. The molecule has 0 N–H and O–H groups in total. The summed E-state index contributed by atoms with van der Waals surface area (Å²) in [6.07, 6.45) is 3.65. The summed E-state index contributed by atoms with van der Waals surface area (Å²) in [5.41, 5.74) is 0. The first-order valence-corrected chi connectivity index (χ1v) is 4.98. The summed E-state index contributed by atoms with van der Waals surface area (Å²) in [5, 5.41) is 0.945. The number of allylic oxidation sites excluding steroid dienone is 1. The van der Waals surface area contributed by atoms with Crippen molar-refractivity contribution in [2.45, 2.75) is 26.2 Å². The fraction of sp³-hybridized carbons (Fsp3) is 0.636. The molecule has 0 heterocycles. The van der Waals surface area contributed by atoms with Crippen molar-refractivity contribution in [1.82, 2.24) is 5.06 Å². The quantitative estimate of drug-likeness (QED) is 0.366. The van der Waals surface area contributed by atoms with Gasteiger partial charge in [-0.05, 0) is 18.8 Å². The molecule has 0 aliphatic heterocycles. The summed E-state index contributed by atoms with van der Waals surface area (Å²) in [5.74, 6) is -0.620. The van der Waals surface area contributed by atoms with E-state index in [4.69, 9.17) is 0 Å². The lowest BCUT2D eigenvalue weighted by Crippen LogP contribution is -2.32. The Morgan fingerprint density at radius 1 is 1.53 bits per heavy atom. The molecule has 0 aliphatic rings. The predicted molar refractivity (Wildman–Crippen MR) is 58.0 cm³/mol. The highest BCUT2D eigenvalue weighted by Crippen LogP contribution is 2.11. The molecule has 1 atom stereocenters. The molecule has 0 fully saturated rings. The molecule has 4 heteroatoms. The number of rotatable bonds is 7. The van der Waals surface area contributed by atoms with Crippen molar-refractivity contribution in [2.24, 2.45) is 5.92 Å². The van der Waals surface area contributed by atoms with Gasteiger partial charge in [0.2, 0.25) is 5.78 Å². The number of likely N-dealkylation sites (N-methyl/N-ethyl adjacent to an activating group) is 1. The average molecular weight is 213 g/mol. The lowest BCUT2D eigenvalue weighted by atomic mass is 10.00. The van der Waals surface area contributed by atoms with Gasteiger partial charge >= 0.3 is 5.91 Å². The molecule has 0 aromatic carbocycles. The fourth-order valence-corrected chi connectivity index (χ4v) is 1.15. The summed E-state index contributed by atoms with van der Waals surface area (Å²) < 4.78 is 0. The molecule has 0 saturated carbocycles. The van der Waals surface area contributed by atoms with Crippen LogP contribution >= 0.6 is 0 Å². The largest absolute Gasteiger partial charge is 0.313 e. The summed E-state index contributed by atoms with van der Waals surface area (Å²) >= 11 is 0. The van der Waals surface area contributed by atoms with E-state index in [1.54, 1.807) is 0 Å². The Kier molecular flexibility index (Phi) is 6.62. The van der Waals surface area contributed by atoms with Crippen molar-refractivity contribution in [3.63, 3.8) is 0 Å². The number of hydroxylamine groups is 2. The van der Waals surface area contributed by atoms with Gasteiger partial charge in [-0.1, -0.05) is 13.0 Å². The van der Waals surface area contributed by atoms with E-state index in [2.05, 4.69) is 11.4 Å². The zero-order chi connectivity index (χ0) is 11.8. The molecule has 0 spiro atoms. The maximum absolute atomic E-state index is 11.4. The number of carbonyl (C=O) groups excluding carboxylic acids is 2. The normalized spacial score (nSPS) is 11.9. The number of carbonyl (C=O) groups is 2. The van der Waals surface area contributed by atoms with Gasteiger partial charge in [0.25, 0.3) is 0 Å². The van der Waals surface area contributed by atoms with Crippen molar-refractivity contribution >= 4 is 11.7 Å². The molecule has 4 nitrogen and oxygen atoms in total. The third-order valence-electron chi connectivity index (χ3n) is 2.23. The summed E-state index contributed by atoms with van der Waals surface area (Å²) in [6.45, 7) is 5.65. The Morgan fingerprint density at radius 3 is 2.60 bits per heavy atom. The van der Waals surface area contributed by atoms with Crippen LogP contribution in [-0.2, 0) is 14.4 Å². The number of nitrogens with zero attached hydrogens (tertiary/aromatic N) is 1. The lowest BCUT2D eigenvalue weighted by Gasteiger charge is -2.13. The molecule has 86 valence electrons. The van der Waals surface area contributed by atoms with Crippen LogP contribution in [0, 0.1) is 5.92 Å². The first-order valence-electron chi connectivity index (χ1n) is 4.98. The van der Waals surface area contributed by atoms with Crippen LogP contribution in [0.15, 0.2) is 12.7 Å². The van der Waals surface area contributed by atoms with E-state index >= 15 is 0 Å². The van der Waals surface area contributed by atoms with Crippen LogP contribution in [-0.4, -0.2) is 30.9 Å².